The monoisotopic (exact) mass is 305 g/mol. The number of nitrogens with two attached hydrogens (primary N) is 1. The summed E-state index contributed by atoms with van der Waals surface area (Å²) < 4.78 is 1.97. The van der Waals surface area contributed by atoms with Crippen LogP contribution in [0.4, 0.5) is 0 Å². The second-order valence-corrected chi connectivity index (χ2v) is 6.03. The molecule has 1 aromatic heterocycles. The van der Waals surface area contributed by atoms with Crippen LogP contribution in [0.1, 0.15) is 24.8 Å². The van der Waals surface area contributed by atoms with Crippen LogP contribution in [-0.4, -0.2) is 28.5 Å². The maximum atomic E-state index is 12.4. The Morgan fingerprint density at radius 3 is 2.71 bits per heavy atom. The normalized spacial score (nSPS) is 15.6. The molecule has 1 aliphatic rings. The summed E-state index contributed by atoms with van der Waals surface area (Å²) in [6.07, 6.45) is 5.42. The number of carbonyl (C=O) groups excluding carboxylic acids is 1. The van der Waals surface area contributed by atoms with Crippen LogP contribution in [0, 0.1) is 0 Å². The molecule has 3 rings (SSSR count). The van der Waals surface area contributed by atoms with Gasteiger partial charge >= 0.3 is 0 Å². The van der Waals surface area contributed by atoms with Crippen LogP contribution in [-0.2, 0) is 17.9 Å². The molecule has 0 saturated carbocycles. The highest BCUT2D eigenvalue weighted by atomic mass is 35.5. The van der Waals surface area contributed by atoms with Gasteiger partial charge in [-0.2, -0.15) is 0 Å². The minimum Gasteiger partial charge on any atom is -0.341 e. The molecule has 0 radical (unpaired) electrons. The number of halogens is 1. The van der Waals surface area contributed by atoms with Gasteiger partial charge in [0, 0.05) is 36.2 Å². The number of benzene rings is 1. The molecule has 21 heavy (non-hydrogen) atoms. The van der Waals surface area contributed by atoms with Crippen LogP contribution in [0.2, 0.25) is 5.02 Å². The van der Waals surface area contributed by atoms with E-state index in [4.69, 9.17) is 17.3 Å². The summed E-state index contributed by atoms with van der Waals surface area (Å²) in [5, 5.41) is 1.75. The Kier molecular flexibility index (Phi) is 4.17. The lowest BCUT2D eigenvalue weighted by Crippen LogP contribution is -2.37. The molecular formula is C16H20ClN3O. The van der Waals surface area contributed by atoms with E-state index in [0.717, 1.165) is 42.4 Å². The van der Waals surface area contributed by atoms with E-state index in [-0.39, 0.29) is 5.91 Å². The van der Waals surface area contributed by atoms with Crippen LogP contribution >= 0.6 is 11.6 Å². The lowest BCUT2D eigenvalue weighted by Gasteiger charge is -2.27. The van der Waals surface area contributed by atoms with Gasteiger partial charge < -0.3 is 15.2 Å². The number of amides is 1. The van der Waals surface area contributed by atoms with Gasteiger partial charge in [0.15, 0.2) is 0 Å². The first-order valence-electron chi connectivity index (χ1n) is 7.44. The number of hydrogen-bond donors (Lipinski definition) is 1. The largest absolute Gasteiger partial charge is 0.341 e. The van der Waals surface area contributed by atoms with Gasteiger partial charge in [-0.3, -0.25) is 4.79 Å². The van der Waals surface area contributed by atoms with Gasteiger partial charge in [0.1, 0.15) is 6.54 Å². The molecule has 1 fully saturated rings. The number of nitrogens with zero attached hydrogens (tertiary/aromatic N) is 2. The zero-order valence-corrected chi connectivity index (χ0v) is 12.8. The van der Waals surface area contributed by atoms with E-state index in [1.165, 1.54) is 6.42 Å². The summed E-state index contributed by atoms with van der Waals surface area (Å²) in [6.45, 7) is 2.57. The van der Waals surface area contributed by atoms with Crippen molar-refractivity contribution in [3.8, 4) is 0 Å². The molecule has 2 aromatic rings. The summed E-state index contributed by atoms with van der Waals surface area (Å²) in [6, 6.07) is 5.74. The lowest BCUT2D eigenvalue weighted by atomic mass is 10.1. The fourth-order valence-electron chi connectivity index (χ4n) is 3.02. The molecule has 0 bridgehead atoms. The van der Waals surface area contributed by atoms with Crippen molar-refractivity contribution in [3.05, 3.63) is 35.0 Å². The minimum atomic E-state index is 0.176. The Bertz CT molecular complexity index is 659. The summed E-state index contributed by atoms with van der Waals surface area (Å²) in [4.78, 5) is 14.4. The van der Waals surface area contributed by atoms with E-state index in [1.54, 1.807) is 0 Å². The van der Waals surface area contributed by atoms with Crippen LogP contribution in [0.3, 0.4) is 0 Å². The van der Waals surface area contributed by atoms with E-state index in [0.29, 0.717) is 18.1 Å². The van der Waals surface area contributed by atoms with E-state index in [9.17, 15) is 4.79 Å². The predicted octanol–water partition coefficient (Wildman–Crippen LogP) is 2.77. The van der Waals surface area contributed by atoms with E-state index < -0.39 is 0 Å². The average molecular weight is 306 g/mol. The summed E-state index contributed by atoms with van der Waals surface area (Å²) >= 11 is 6.09. The first-order valence-corrected chi connectivity index (χ1v) is 7.82. The van der Waals surface area contributed by atoms with Gasteiger partial charge in [-0.05, 0) is 37.0 Å². The fourth-order valence-corrected chi connectivity index (χ4v) is 3.19. The molecule has 1 aliphatic heterocycles. The number of likely N-dealkylation sites (tertiary alicyclic amines) is 1. The summed E-state index contributed by atoms with van der Waals surface area (Å²) in [5.74, 6) is 0.176. The summed E-state index contributed by atoms with van der Waals surface area (Å²) in [5.41, 5.74) is 7.83. The van der Waals surface area contributed by atoms with Crippen molar-refractivity contribution in [2.45, 2.75) is 32.4 Å². The standard InChI is InChI=1S/C16H20ClN3O/c17-13-4-5-14-12(9-18)10-20(15(14)8-13)11-16(21)19-6-2-1-3-7-19/h4-5,8,10H,1-3,6-7,9,11,18H2. The molecule has 0 spiro atoms. The molecule has 1 aromatic carbocycles. The lowest BCUT2D eigenvalue weighted by molar-refractivity contribution is -0.132. The van der Waals surface area contributed by atoms with Gasteiger partial charge in [0.05, 0.1) is 5.52 Å². The van der Waals surface area contributed by atoms with E-state index in [1.807, 2.05) is 33.9 Å². The number of fused-ring (bicyclic) bond motifs is 1. The van der Waals surface area contributed by atoms with E-state index >= 15 is 0 Å². The number of rotatable bonds is 3. The third-order valence-electron chi connectivity index (χ3n) is 4.16. The fraction of sp³-hybridized carbons (Fsp3) is 0.438. The highest BCUT2D eigenvalue weighted by Crippen LogP contribution is 2.25. The maximum Gasteiger partial charge on any atom is 0.242 e. The average Bonchev–Trinajstić information content (AvgIpc) is 2.85. The minimum absolute atomic E-state index is 0.176. The quantitative estimate of drug-likeness (QED) is 0.948. The molecule has 1 amide bonds. The first-order chi connectivity index (χ1) is 10.2. The molecule has 0 unspecified atom stereocenters. The zero-order chi connectivity index (χ0) is 14.8. The molecule has 2 heterocycles. The number of carbonyl (C=O) groups is 1. The van der Waals surface area contributed by atoms with Gasteiger partial charge in [-0.15, -0.1) is 0 Å². The molecule has 2 N–H and O–H groups in total. The Labute approximate surface area is 129 Å². The molecule has 5 heteroatoms. The molecule has 1 saturated heterocycles. The maximum absolute atomic E-state index is 12.4. The van der Waals surface area contributed by atoms with Gasteiger partial charge in [-0.1, -0.05) is 17.7 Å². The highest BCUT2D eigenvalue weighted by molar-refractivity contribution is 6.31. The summed E-state index contributed by atoms with van der Waals surface area (Å²) in [7, 11) is 0. The third-order valence-corrected chi connectivity index (χ3v) is 4.40. The van der Waals surface area contributed by atoms with Crippen molar-refractivity contribution < 1.29 is 4.79 Å². The smallest absolute Gasteiger partial charge is 0.242 e. The predicted molar refractivity (Wildman–Crippen MR) is 85.3 cm³/mol. The molecular weight excluding hydrogens is 286 g/mol. The Balaban J connectivity index is 1.89. The van der Waals surface area contributed by atoms with Crippen LogP contribution in [0.5, 0.6) is 0 Å². The topological polar surface area (TPSA) is 51.3 Å². The number of piperidine rings is 1. The second kappa shape index (κ2) is 6.08. The van der Waals surface area contributed by atoms with Gasteiger partial charge in [0.25, 0.3) is 0 Å². The SMILES string of the molecule is NCc1cn(CC(=O)N2CCCCC2)c2cc(Cl)ccc12. The molecule has 112 valence electrons. The Morgan fingerprint density at radius 2 is 2.00 bits per heavy atom. The molecule has 0 atom stereocenters. The van der Waals surface area contributed by atoms with Crippen molar-refractivity contribution in [2.75, 3.05) is 13.1 Å². The van der Waals surface area contributed by atoms with Crippen LogP contribution < -0.4 is 5.73 Å². The van der Waals surface area contributed by atoms with Crippen molar-refractivity contribution in [3.63, 3.8) is 0 Å². The second-order valence-electron chi connectivity index (χ2n) is 5.59. The highest BCUT2D eigenvalue weighted by Gasteiger charge is 2.18. The Morgan fingerprint density at radius 1 is 1.24 bits per heavy atom. The van der Waals surface area contributed by atoms with Gasteiger partial charge in [0.2, 0.25) is 5.91 Å². The molecule has 4 nitrogen and oxygen atoms in total. The number of aromatic nitrogens is 1. The molecule has 0 aliphatic carbocycles. The van der Waals surface area contributed by atoms with Crippen molar-refractivity contribution >= 4 is 28.4 Å². The van der Waals surface area contributed by atoms with E-state index in [2.05, 4.69) is 0 Å². The Hall–Kier alpha value is -1.52. The van der Waals surface area contributed by atoms with Crippen LogP contribution in [0.25, 0.3) is 10.9 Å². The first kappa shape index (κ1) is 14.4. The van der Waals surface area contributed by atoms with Crippen molar-refractivity contribution in [2.24, 2.45) is 5.73 Å². The van der Waals surface area contributed by atoms with Crippen molar-refractivity contribution in [1.82, 2.24) is 9.47 Å². The third kappa shape index (κ3) is 2.92. The van der Waals surface area contributed by atoms with Gasteiger partial charge in [-0.25, -0.2) is 0 Å². The van der Waals surface area contributed by atoms with Crippen molar-refractivity contribution in [1.29, 1.82) is 0 Å². The zero-order valence-electron chi connectivity index (χ0n) is 12.0. The number of hydrogen-bond acceptors (Lipinski definition) is 2. The van der Waals surface area contributed by atoms with Crippen LogP contribution in [0.15, 0.2) is 24.4 Å².